The van der Waals surface area contributed by atoms with Crippen LogP contribution in [0.5, 0.6) is 0 Å². The van der Waals surface area contributed by atoms with Gasteiger partial charge < -0.3 is 5.32 Å². The Morgan fingerprint density at radius 2 is 1.69 bits per heavy atom. The second-order valence-corrected chi connectivity index (χ2v) is 4.54. The fraction of sp³-hybridized carbons (Fsp3) is 0.909. The topological polar surface area (TPSA) is 66.5 Å². The van der Waals surface area contributed by atoms with Gasteiger partial charge in [-0.05, 0) is 19.4 Å². The number of aromatic amines is 1. The van der Waals surface area contributed by atoms with Crippen molar-refractivity contribution < 1.29 is 0 Å². The Labute approximate surface area is 96.4 Å². The van der Waals surface area contributed by atoms with Gasteiger partial charge in [0.2, 0.25) is 0 Å². The smallest absolute Gasteiger partial charge is 0.191 e. The first-order valence-electron chi connectivity index (χ1n) is 6.43. The minimum atomic E-state index is 0.289. The normalized spacial score (nSPS) is 24.9. The van der Waals surface area contributed by atoms with Gasteiger partial charge in [-0.3, -0.25) is 0 Å². The van der Waals surface area contributed by atoms with Crippen LogP contribution in [0.4, 0.5) is 0 Å². The van der Waals surface area contributed by atoms with Crippen molar-refractivity contribution in [3.8, 4) is 0 Å². The molecule has 1 aromatic heterocycles. The highest BCUT2D eigenvalue weighted by Crippen LogP contribution is 2.18. The molecule has 1 atom stereocenters. The Kier molecular flexibility index (Phi) is 4.73. The van der Waals surface area contributed by atoms with Gasteiger partial charge in [0.25, 0.3) is 0 Å². The lowest BCUT2D eigenvalue weighted by Crippen LogP contribution is -2.23. The Morgan fingerprint density at radius 3 is 2.44 bits per heavy atom. The molecule has 2 heterocycles. The molecule has 5 nitrogen and oxygen atoms in total. The molecule has 0 spiro atoms. The Hall–Kier alpha value is -0.970. The van der Waals surface area contributed by atoms with Gasteiger partial charge in [-0.2, -0.15) is 5.21 Å². The van der Waals surface area contributed by atoms with E-state index in [9.17, 15) is 0 Å². The quantitative estimate of drug-likeness (QED) is 0.764. The molecule has 1 aliphatic rings. The first kappa shape index (κ1) is 11.5. The van der Waals surface area contributed by atoms with Crippen LogP contribution in [0.1, 0.15) is 63.2 Å². The highest BCUT2D eigenvalue weighted by atomic mass is 15.5. The van der Waals surface area contributed by atoms with Gasteiger partial charge in [-0.25, -0.2) is 0 Å². The summed E-state index contributed by atoms with van der Waals surface area (Å²) in [7, 11) is 0. The zero-order chi connectivity index (χ0) is 11.1. The minimum Gasteiger partial charge on any atom is -0.307 e. The summed E-state index contributed by atoms with van der Waals surface area (Å²) >= 11 is 0. The lowest BCUT2D eigenvalue weighted by Gasteiger charge is -2.14. The third kappa shape index (κ3) is 3.56. The number of nitrogens with one attached hydrogen (secondary N) is 2. The summed E-state index contributed by atoms with van der Waals surface area (Å²) in [6, 6.07) is 0.289. The van der Waals surface area contributed by atoms with Crippen LogP contribution in [0, 0.1) is 0 Å². The highest BCUT2D eigenvalue weighted by molar-refractivity contribution is 4.88. The van der Waals surface area contributed by atoms with Gasteiger partial charge in [0, 0.05) is 0 Å². The molecule has 0 amide bonds. The molecule has 0 aromatic carbocycles. The molecular formula is C11H21N5. The maximum atomic E-state index is 4.08. The van der Waals surface area contributed by atoms with Crippen LogP contribution in [-0.4, -0.2) is 27.2 Å². The Balaban J connectivity index is 1.88. The number of rotatable bonds is 1. The van der Waals surface area contributed by atoms with Crippen molar-refractivity contribution >= 4 is 0 Å². The molecule has 1 fully saturated rings. The van der Waals surface area contributed by atoms with E-state index in [1.165, 1.54) is 44.9 Å². The van der Waals surface area contributed by atoms with E-state index in [0.29, 0.717) is 0 Å². The van der Waals surface area contributed by atoms with Crippen molar-refractivity contribution in [3.63, 3.8) is 0 Å². The van der Waals surface area contributed by atoms with Gasteiger partial charge in [0.05, 0.1) is 6.04 Å². The molecule has 0 radical (unpaired) electrons. The van der Waals surface area contributed by atoms with Crippen molar-refractivity contribution in [2.75, 3.05) is 6.54 Å². The second-order valence-electron chi connectivity index (χ2n) is 4.54. The maximum absolute atomic E-state index is 4.08. The van der Waals surface area contributed by atoms with E-state index in [1.54, 1.807) is 0 Å². The van der Waals surface area contributed by atoms with E-state index in [2.05, 4.69) is 25.9 Å². The molecule has 16 heavy (non-hydrogen) atoms. The molecule has 2 N–H and O–H groups in total. The second kappa shape index (κ2) is 6.58. The number of H-pyrrole nitrogens is 1. The highest BCUT2D eigenvalue weighted by Gasteiger charge is 2.15. The number of nitrogens with zero attached hydrogens (tertiary/aromatic N) is 3. The minimum absolute atomic E-state index is 0.289. The predicted octanol–water partition coefficient (Wildman–Crippen LogP) is 1.96. The zero-order valence-corrected chi connectivity index (χ0v) is 9.78. The summed E-state index contributed by atoms with van der Waals surface area (Å²) in [5, 5.41) is 17.9. The van der Waals surface area contributed by atoms with Crippen molar-refractivity contribution in [2.45, 2.75) is 57.4 Å². The molecule has 2 rings (SSSR count). The van der Waals surface area contributed by atoms with Crippen LogP contribution in [0.3, 0.4) is 0 Å². The summed E-state index contributed by atoms with van der Waals surface area (Å²) < 4.78 is 0. The summed E-state index contributed by atoms with van der Waals surface area (Å²) in [5.74, 6) is 0.819. The molecule has 0 aliphatic carbocycles. The van der Waals surface area contributed by atoms with Crippen LogP contribution in [0.15, 0.2) is 0 Å². The Morgan fingerprint density at radius 1 is 0.938 bits per heavy atom. The van der Waals surface area contributed by atoms with Crippen LogP contribution in [-0.2, 0) is 0 Å². The summed E-state index contributed by atoms with van der Waals surface area (Å²) in [4.78, 5) is 0. The number of hydrogen-bond acceptors (Lipinski definition) is 4. The predicted molar refractivity (Wildman–Crippen MR) is 61.9 cm³/mol. The van der Waals surface area contributed by atoms with Gasteiger partial charge in [0.1, 0.15) is 0 Å². The van der Waals surface area contributed by atoms with Crippen LogP contribution < -0.4 is 5.32 Å². The maximum Gasteiger partial charge on any atom is 0.191 e. The summed E-state index contributed by atoms with van der Waals surface area (Å²) in [5.41, 5.74) is 0. The monoisotopic (exact) mass is 223 g/mol. The van der Waals surface area contributed by atoms with Crippen LogP contribution in [0.25, 0.3) is 0 Å². The number of hydrogen-bond donors (Lipinski definition) is 2. The average molecular weight is 223 g/mol. The molecule has 5 heteroatoms. The van der Waals surface area contributed by atoms with E-state index in [-0.39, 0.29) is 6.04 Å². The van der Waals surface area contributed by atoms with E-state index in [4.69, 9.17) is 0 Å². The van der Waals surface area contributed by atoms with E-state index in [1.807, 2.05) is 0 Å². The molecule has 1 aliphatic heterocycles. The Bertz CT molecular complexity index is 260. The van der Waals surface area contributed by atoms with Crippen LogP contribution >= 0.6 is 0 Å². The first-order chi connectivity index (χ1) is 7.97. The molecular weight excluding hydrogens is 202 g/mol. The third-order valence-corrected chi connectivity index (χ3v) is 3.23. The first-order valence-corrected chi connectivity index (χ1v) is 6.43. The van der Waals surface area contributed by atoms with Gasteiger partial charge in [-0.15, -0.1) is 10.2 Å². The molecule has 1 saturated heterocycles. The van der Waals surface area contributed by atoms with Crippen LogP contribution in [0.2, 0.25) is 0 Å². The van der Waals surface area contributed by atoms with Gasteiger partial charge in [-0.1, -0.05) is 43.7 Å². The van der Waals surface area contributed by atoms with E-state index >= 15 is 0 Å². The van der Waals surface area contributed by atoms with E-state index < -0.39 is 0 Å². The summed E-state index contributed by atoms with van der Waals surface area (Å²) in [6.07, 6.45) is 10.5. The van der Waals surface area contributed by atoms with Crippen molar-refractivity contribution in [3.05, 3.63) is 5.82 Å². The average Bonchev–Trinajstić information content (AvgIpc) is 2.79. The summed E-state index contributed by atoms with van der Waals surface area (Å²) in [6.45, 7) is 1.07. The van der Waals surface area contributed by atoms with Gasteiger partial charge >= 0.3 is 0 Å². The number of tetrazole rings is 1. The third-order valence-electron chi connectivity index (χ3n) is 3.23. The largest absolute Gasteiger partial charge is 0.307 e. The lowest BCUT2D eigenvalue weighted by atomic mass is 10.1. The zero-order valence-electron chi connectivity index (χ0n) is 9.78. The van der Waals surface area contributed by atoms with Crippen molar-refractivity contribution in [2.24, 2.45) is 0 Å². The van der Waals surface area contributed by atoms with Crippen molar-refractivity contribution in [1.29, 1.82) is 0 Å². The van der Waals surface area contributed by atoms with Crippen molar-refractivity contribution in [1.82, 2.24) is 25.9 Å². The molecule has 0 bridgehead atoms. The molecule has 1 unspecified atom stereocenters. The lowest BCUT2D eigenvalue weighted by molar-refractivity contribution is 0.454. The van der Waals surface area contributed by atoms with E-state index in [0.717, 1.165) is 18.8 Å². The number of aromatic nitrogens is 4. The molecule has 90 valence electrons. The fourth-order valence-electron chi connectivity index (χ4n) is 2.27. The molecule has 0 saturated carbocycles. The standard InChI is InChI=1S/C11H21N5/c1-2-4-6-8-10(11-13-15-16-14-11)12-9-7-5-3-1/h10,12H,1-9H2,(H,13,14,15,16). The fourth-order valence-corrected chi connectivity index (χ4v) is 2.27. The SMILES string of the molecule is C1CCCCNC(c2nn[nH]n2)CCCC1. The molecule has 1 aromatic rings. The van der Waals surface area contributed by atoms with Gasteiger partial charge in [0.15, 0.2) is 5.82 Å².